The molecule has 0 heterocycles. The molecule has 0 aromatic heterocycles. The molecule has 0 radical (unpaired) electrons. The van der Waals surface area contributed by atoms with Crippen molar-refractivity contribution in [2.24, 2.45) is 0 Å². The first-order chi connectivity index (χ1) is 13.6. The van der Waals surface area contributed by atoms with E-state index >= 15 is 0 Å². The van der Waals surface area contributed by atoms with Gasteiger partial charge >= 0.3 is 0 Å². The Morgan fingerprint density at radius 2 is 1.64 bits per heavy atom. The summed E-state index contributed by atoms with van der Waals surface area (Å²) in [6, 6.07) is 20.7. The molecule has 144 valence electrons. The third kappa shape index (κ3) is 5.16. The highest BCUT2D eigenvalue weighted by Gasteiger charge is 2.10. The Balaban J connectivity index is 1.71. The first kappa shape index (κ1) is 20.0. The predicted molar refractivity (Wildman–Crippen MR) is 114 cm³/mol. The Kier molecular flexibility index (Phi) is 6.76. The van der Waals surface area contributed by atoms with Crippen molar-refractivity contribution in [3.8, 4) is 0 Å². The maximum atomic E-state index is 14.6. The summed E-state index contributed by atoms with van der Waals surface area (Å²) in [5, 5.41) is 0. The molecule has 1 unspecified atom stereocenters. The molecule has 0 aliphatic heterocycles. The lowest BCUT2D eigenvalue weighted by Gasteiger charge is -2.13. The SMILES string of the molecule is CCCc1ccc(/C=C/c2ccc(CC(C)c3ccccc3)c(F)c2)c(F)c1. The largest absolute Gasteiger partial charge is 0.207 e. The van der Waals surface area contributed by atoms with E-state index in [0.29, 0.717) is 17.5 Å². The lowest BCUT2D eigenvalue weighted by atomic mass is 9.93. The van der Waals surface area contributed by atoms with Crippen LogP contribution in [0.15, 0.2) is 66.7 Å². The number of hydrogen-bond donors (Lipinski definition) is 0. The number of benzene rings is 3. The lowest BCUT2D eigenvalue weighted by Crippen LogP contribution is -2.00. The zero-order valence-corrected chi connectivity index (χ0v) is 16.5. The van der Waals surface area contributed by atoms with Gasteiger partial charge in [-0.05, 0) is 53.1 Å². The number of aryl methyl sites for hydroxylation is 1. The second-order valence-corrected chi connectivity index (χ2v) is 7.31. The Morgan fingerprint density at radius 3 is 2.32 bits per heavy atom. The Morgan fingerprint density at radius 1 is 0.857 bits per heavy atom. The molecule has 0 saturated carbocycles. The molecule has 0 bridgehead atoms. The lowest BCUT2D eigenvalue weighted by molar-refractivity contribution is 0.597. The topological polar surface area (TPSA) is 0 Å². The maximum Gasteiger partial charge on any atom is 0.130 e. The molecule has 0 N–H and O–H groups in total. The Labute approximate surface area is 166 Å². The zero-order chi connectivity index (χ0) is 19.9. The van der Waals surface area contributed by atoms with Gasteiger partial charge in [0.2, 0.25) is 0 Å². The van der Waals surface area contributed by atoms with Crippen LogP contribution in [-0.2, 0) is 12.8 Å². The zero-order valence-electron chi connectivity index (χ0n) is 16.5. The van der Waals surface area contributed by atoms with Crippen molar-refractivity contribution >= 4 is 12.2 Å². The highest BCUT2D eigenvalue weighted by atomic mass is 19.1. The van der Waals surface area contributed by atoms with Gasteiger partial charge in [-0.15, -0.1) is 0 Å². The van der Waals surface area contributed by atoms with Crippen LogP contribution >= 0.6 is 0 Å². The van der Waals surface area contributed by atoms with Crippen LogP contribution in [-0.4, -0.2) is 0 Å². The van der Waals surface area contributed by atoms with Crippen LogP contribution in [0, 0.1) is 11.6 Å². The third-order valence-corrected chi connectivity index (χ3v) is 5.03. The molecule has 0 aliphatic rings. The van der Waals surface area contributed by atoms with E-state index in [1.165, 1.54) is 11.6 Å². The molecule has 3 aromatic rings. The van der Waals surface area contributed by atoms with Crippen LogP contribution in [0.3, 0.4) is 0 Å². The first-order valence-corrected chi connectivity index (χ1v) is 9.86. The summed E-state index contributed by atoms with van der Waals surface area (Å²) >= 11 is 0. The fraction of sp³-hybridized carbons (Fsp3) is 0.231. The Hall–Kier alpha value is -2.74. The van der Waals surface area contributed by atoms with Gasteiger partial charge in [-0.3, -0.25) is 0 Å². The molecule has 0 aliphatic carbocycles. The molecule has 3 rings (SSSR count). The van der Waals surface area contributed by atoms with Crippen LogP contribution < -0.4 is 0 Å². The molecule has 0 saturated heterocycles. The summed E-state index contributed by atoms with van der Waals surface area (Å²) in [6.45, 7) is 4.18. The molecular weight excluding hydrogens is 350 g/mol. The smallest absolute Gasteiger partial charge is 0.130 e. The van der Waals surface area contributed by atoms with Gasteiger partial charge in [0.1, 0.15) is 11.6 Å². The van der Waals surface area contributed by atoms with E-state index in [2.05, 4.69) is 26.0 Å². The maximum absolute atomic E-state index is 14.6. The van der Waals surface area contributed by atoms with E-state index in [0.717, 1.165) is 24.0 Å². The monoisotopic (exact) mass is 376 g/mol. The van der Waals surface area contributed by atoms with E-state index in [1.807, 2.05) is 36.4 Å². The fourth-order valence-electron chi connectivity index (χ4n) is 3.40. The summed E-state index contributed by atoms with van der Waals surface area (Å²) in [5.41, 5.74) is 4.14. The van der Waals surface area contributed by atoms with Gasteiger partial charge < -0.3 is 0 Å². The van der Waals surface area contributed by atoms with Crippen LogP contribution in [0.5, 0.6) is 0 Å². The Bertz CT molecular complexity index is 942. The predicted octanol–water partition coefficient (Wildman–Crippen LogP) is 7.43. The second-order valence-electron chi connectivity index (χ2n) is 7.31. The van der Waals surface area contributed by atoms with Crippen molar-refractivity contribution in [3.63, 3.8) is 0 Å². The highest BCUT2D eigenvalue weighted by molar-refractivity contribution is 5.70. The summed E-state index contributed by atoms with van der Waals surface area (Å²) < 4.78 is 28.8. The minimum Gasteiger partial charge on any atom is -0.207 e. The summed E-state index contributed by atoms with van der Waals surface area (Å²) in [7, 11) is 0. The van der Waals surface area contributed by atoms with E-state index in [4.69, 9.17) is 0 Å². The van der Waals surface area contributed by atoms with Gasteiger partial charge in [0.05, 0.1) is 0 Å². The van der Waals surface area contributed by atoms with Gasteiger partial charge in [-0.1, -0.05) is 87.0 Å². The van der Waals surface area contributed by atoms with Crippen LogP contribution in [0.1, 0.15) is 54.0 Å². The van der Waals surface area contributed by atoms with Crippen molar-refractivity contribution in [1.29, 1.82) is 0 Å². The van der Waals surface area contributed by atoms with E-state index in [-0.39, 0.29) is 17.6 Å². The summed E-state index contributed by atoms with van der Waals surface area (Å²) in [5.74, 6) is -0.215. The molecule has 0 nitrogen and oxygen atoms in total. The van der Waals surface area contributed by atoms with Crippen molar-refractivity contribution in [1.82, 2.24) is 0 Å². The quantitative estimate of drug-likeness (QED) is 0.376. The molecule has 2 heteroatoms. The number of rotatable bonds is 7. The number of halogens is 2. The molecule has 0 amide bonds. The normalized spacial score (nSPS) is 12.4. The van der Waals surface area contributed by atoms with Crippen molar-refractivity contribution in [2.45, 2.75) is 39.0 Å². The summed E-state index contributed by atoms with van der Waals surface area (Å²) in [4.78, 5) is 0. The van der Waals surface area contributed by atoms with Crippen LogP contribution in [0.2, 0.25) is 0 Å². The molecule has 3 aromatic carbocycles. The van der Waals surface area contributed by atoms with Gasteiger partial charge in [-0.2, -0.15) is 0 Å². The van der Waals surface area contributed by atoms with Gasteiger partial charge in [0.25, 0.3) is 0 Å². The van der Waals surface area contributed by atoms with E-state index in [1.54, 1.807) is 24.3 Å². The minimum absolute atomic E-state index is 0.219. The fourth-order valence-corrected chi connectivity index (χ4v) is 3.40. The van der Waals surface area contributed by atoms with E-state index in [9.17, 15) is 8.78 Å². The molecule has 0 spiro atoms. The third-order valence-electron chi connectivity index (χ3n) is 5.03. The van der Waals surface area contributed by atoms with Gasteiger partial charge in [0, 0.05) is 5.56 Å². The van der Waals surface area contributed by atoms with Gasteiger partial charge in [0.15, 0.2) is 0 Å². The second kappa shape index (κ2) is 9.45. The standard InChI is InChI=1S/C26H26F2/c1-3-7-20-10-13-23(25(27)17-20)14-11-21-12-15-24(26(28)18-21)16-19(2)22-8-5-4-6-9-22/h4-6,8-15,17-19H,3,7,16H2,1-2H3/b14-11+. The average Bonchev–Trinajstić information content (AvgIpc) is 2.70. The van der Waals surface area contributed by atoms with Crippen molar-refractivity contribution in [2.75, 3.05) is 0 Å². The molecule has 0 fully saturated rings. The van der Waals surface area contributed by atoms with Crippen LogP contribution in [0.4, 0.5) is 8.78 Å². The highest BCUT2D eigenvalue weighted by Crippen LogP contribution is 2.23. The summed E-state index contributed by atoms with van der Waals surface area (Å²) in [6.07, 6.45) is 5.96. The van der Waals surface area contributed by atoms with Gasteiger partial charge in [-0.25, -0.2) is 8.78 Å². The van der Waals surface area contributed by atoms with Crippen molar-refractivity contribution in [3.05, 3.63) is 106 Å². The molecule has 28 heavy (non-hydrogen) atoms. The number of hydrogen-bond acceptors (Lipinski definition) is 0. The van der Waals surface area contributed by atoms with Crippen LogP contribution in [0.25, 0.3) is 12.2 Å². The minimum atomic E-state index is -0.240. The van der Waals surface area contributed by atoms with E-state index < -0.39 is 0 Å². The first-order valence-electron chi connectivity index (χ1n) is 9.86. The average molecular weight is 376 g/mol. The van der Waals surface area contributed by atoms with Crippen molar-refractivity contribution < 1.29 is 8.78 Å². The molecular formula is C26H26F2. The molecule has 1 atom stereocenters.